The fourth-order valence-corrected chi connectivity index (χ4v) is 2.84. The van der Waals surface area contributed by atoms with Gasteiger partial charge in [-0.25, -0.2) is 14.4 Å². The predicted octanol–water partition coefficient (Wildman–Crippen LogP) is 6.90. The Labute approximate surface area is 194 Å². The van der Waals surface area contributed by atoms with Crippen molar-refractivity contribution in [2.45, 2.75) is 110 Å². The van der Waals surface area contributed by atoms with E-state index in [1.54, 1.807) is 0 Å². The zero-order valence-corrected chi connectivity index (χ0v) is 20.2. The molecule has 6 heteroatoms. The van der Waals surface area contributed by atoms with Crippen molar-refractivity contribution in [2.75, 3.05) is 0 Å². The molecule has 0 bridgehead atoms. The number of carboxylic acids is 1. The van der Waals surface area contributed by atoms with Crippen LogP contribution in [0.1, 0.15) is 104 Å². The Morgan fingerprint density at radius 1 is 0.750 bits per heavy atom. The number of carboxylic acid groups (broad SMARTS) is 1. The molecule has 0 aromatic carbocycles. The van der Waals surface area contributed by atoms with Gasteiger partial charge in [0.05, 0.1) is 0 Å². The molecule has 0 heterocycles. The Hall–Kier alpha value is -2.37. The first kappa shape index (κ1) is 31.8. The Morgan fingerprint density at radius 2 is 1.16 bits per heavy atom. The molecule has 0 aromatic rings. The van der Waals surface area contributed by atoms with E-state index in [2.05, 4.69) is 26.7 Å². The van der Waals surface area contributed by atoms with Crippen LogP contribution in [-0.2, 0) is 23.9 Å². The van der Waals surface area contributed by atoms with E-state index < -0.39 is 24.2 Å². The quantitative estimate of drug-likeness (QED) is 0.0992. The van der Waals surface area contributed by atoms with Crippen LogP contribution in [0, 0.1) is 0 Å². The number of ether oxygens (including phenoxy) is 2. The summed E-state index contributed by atoms with van der Waals surface area (Å²) >= 11 is 0. The van der Waals surface area contributed by atoms with Crippen LogP contribution in [0.3, 0.4) is 0 Å². The summed E-state index contributed by atoms with van der Waals surface area (Å²) in [6.07, 6.45) is 17.3. The molecule has 6 nitrogen and oxygen atoms in total. The first-order valence-electron chi connectivity index (χ1n) is 11.9. The van der Waals surface area contributed by atoms with Crippen molar-refractivity contribution in [1.82, 2.24) is 0 Å². The van der Waals surface area contributed by atoms with E-state index in [-0.39, 0.29) is 0 Å². The van der Waals surface area contributed by atoms with E-state index >= 15 is 0 Å². The molecule has 184 valence electrons. The lowest BCUT2D eigenvalue weighted by Crippen LogP contribution is -2.22. The minimum atomic E-state index is -0.851. The second-order valence-corrected chi connectivity index (χ2v) is 7.69. The predicted molar refractivity (Wildman–Crippen MR) is 129 cm³/mol. The topological polar surface area (TPSA) is 89.9 Å². The zero-order chi connectivity index (χ0) is 24.6. The van der Waals surface area contributed by atoms with Crippen molar-refractivity contribution in [3.8, 4) is 0 Å². The number of aliphatic carboxylic acids is 1. The van der Waals surface area contributed by atoms with Gasteiger partial charge >= 0.3 is 17.9 Å². The monoisotopic (exact) mass is 452 g/mol. The van der Waals surface area contributed by atoms with Gasteiger partial charge in [0.2, 0.25) is 6.29 Å². The first-order valence-corrected chi connectivity index (χ1v) is 11.9. The first-order chi connectivity index (χ1) is 15.3. The maximum atomic E-state index is 10.8. The molecule has 0 fully saturated rings. The molecular weight excluding hydrogens is 408 g/mol. The summed E-state index contributed by atoms with van der Waals surface area (Å²) < 4.78 is 9.53. The fraction of sp³-hybridized carbons (Fsp3) is 0.654. The van der Waals surface area contributed by atoms with E-state index in [0.717, 1.165) is 31.4 Å². The van der Waals surface area contributed by atoms with Gasteiger partial charge in [-0.3, -0.25) is 0 Å². The average molecular weight is 453 g/mol. The average Bonchev–Trinajstić information content (AvgIpc) is 2.77. The summed E-state index contributed by atoms with van der Waals surface area (Å²) in [5.74, 6) is -2.07. The molecule has 1 N–H and O–H groups in total. The van der Waals surface area contributed by atoms with Crippen LogP contribution in [0.4, 0.5) is 0 Å². The SMILES string of the molecule is C=C(CCCCCCCCCCCCC)C(=O)O.C=CC(=O)OC(CCC)OC(=O)C=C. The smallest absolute Gasteiger partial charge is 0.333 e. The summed E-state index contributed by atoms with van der Waals surface area (Å²) in [6.45, 7) is 14.1. The summed E-state index contributed by atoms with van der Waals surface area (Å²) in [6, 6.07) is 0. The van der Waals surface area contributed by atoms with Crippen molar-refractivity contribution in [1.29, 1.82) is 0 Å². The number of rotatable bonds is 19. The summed E-state index contributed by atoms with van der Waals surface area (Å²) in [7, 11) is 0. The molecule has 0 unspecified atom stereocenters. The van der Waals surface area contributed by atoms with Gasteiger partial charge in [0.15, 0.2) is 0 Å². The molecule has 0 aliphatic rings. The molecule has 0 spiro atoms. The third-order valence-corrected chi connectivity index (χ3v) is 4.74. The van der Waals surface area contributed by atoms with Gasteiger partial charge in [-0.15, -0.1) is 0 Å². The summed E-state index contributed by atoms with van der Waals surface area (Å²) in [5.41, 5.74) is 0.353. The third-order valence-electron chi connectivity index (χ3n) is 4.74. The van der Waals surface area contributed by atoms with Gasteiger partial charge in [0.1, 0.15) is 0 Å². The number of esters is 2. The highest BCUT2D eigenvalue weighted by molar-refractivity contribution is 5.85. The van der Waals surface area contributed by atoms with E-state index in [1.807, 2.05) is 6.92 Å². The lowest BCUT2D eigenvalue weighted by Gasteiger charge is -2.15. The summed E-state index contributed by atoms with van der Waals surface area (Å²) in [5, 5.41) is 8.64. The molecule has 0 amide bonds. The fourth-order valence-electron chi connectivity index (χ4n) is 2.84. The number of carbonyl (C=O) groups is 3. The second kappa shape index (κ2) is 23.3. The minimum absolute atomic E-state index is 0.353. The van der Waals surface area contributed by atoms with Crippen molar-refractivity contribution < 1.29 is 29.0 Å². The Bertz CT molecular complexity index is 531. The van der Waals surface area contributed by atoms with Crippen LogP contribution in [0.5, 0.6) is 0 Å². The maximum Gasteiger partial charge on any atom is 0.333 e. The Kier molecular flexibility index (Phi) is 23.2. The number of hydrogen-bond acceptors (Lipinski definition) is 5. The van der Waals surface area contributed by atoms with Gasteiger partial charge in [0, 0.05) is 24.1 Å². The van der Waals surface area contributed by atoms with Crippen molar-refractivity contribution in [3.05, 3.63) is 37.5 Å². The van der Waals surface area contributed by atoms with Crippen LogP contribution in [0.15, 0.2) is 37.5 Å². The number of carbonyl (C=O) groups excluding carboxylic acids is 2. The van der Waals surface area contributed by atoms with Crippen molar-refractivity contribution in [2.24, 2.45) is 0 Å². The highest BCUT2D eigenvalue weighted by Gasteiger charge is 2.14. The highest BCUT2D eigenvalue weighted by atomic mass is 16.7. The molecule has 0 atom stereocenters. The van der Waals surface area contributed by atoms with E-state index in [9.17, 15) is 14.4 Å². The molecule has 32 heavy (non-hydrogen) atoms. The molecule has 0 radical (unpaired) electrons. The van der Waals surface area contributed by atoms with Crippen molar-refractivity contribution >= 4 is 17.9 Å². The normalized spacial score (nSPS) is 9.97. The molecule has 0 saturated heterocycles. The van der Waals surface area contributed by atoms with Crippen molar-refractivity contribution in [3.63, 3.8) is 0 Å². The van der Waals surface area contributed by atoms with E-state index in [1.165, 1.54) is 57.8 Å². The molecule has 0 saturated carbocycles. The zero-order valence-electron chi connectivity index (χ0n) is 20.2. The van der Waals surface area contributed by atoms with E-state index in [0.29, 0.717) is 18.4 Å². The van der Waals surface area contributed by atoms with Crippen LogP contribution in [0.25, 0.3) is 0 Å². The van der Waals surface area contributed by atoms with E-state index in [4.69, 9.17) is 14.6 Å². The van der Waals surface area contributed by atoms with Gasteiger partial charge < -0.3 is 14.6 Å². The van der Waals surface area contributed by atoms with Crippen LogP contribution in [0.2, 0.25) is 0 Å². The number of hydrogen-bond donors (Lipinski definition) is 1. The van der Waals surface area contributed by atoms with Crippen LogP contribution >= 0.6 is 0 Å². The van der Waals surface area contributed by atoms with Crippen LogP contribution in [-0.4, -0.2) is 29.3 Å². The lowest BCUT2D eigenvalue weighted by atomic mass is 10.0. The van der Waals surface area contributed by atoms with Gasteiger partial charge in [-0.05, 0) is 19.3 Å². The molecular formula is C26H44O6. The number of unbranched alkanes of at least 4 members (excludes halogenated alkanes) is 10. The Balaban J connectivity index is 0. The van der Waals surface area contributed by atoms with Crippen LogP contribution < -0.4 is 0 Å². The standard InChI is InChI=1S/C16H30O2.C10H14O4/c1-3-4-5-6-7-8-9-10-11-12-13-14-15(2)16(17)18;1-4-7-10(13-8(11)5-2)14-9(12)6-3/h2-14H2,1H3,(H,17,18);5-6,10H,2-4,7H2,1H3. The molecule has 0 aliphatic carbocycles. The van der Waals surface area contributed by atoms with Gasteiger partial charge in [-0.1, -0.05) is 97.8 Å². The van der Waals surface area contributed by atoms with Gasteiger partial charge in [-0.2, -0.15) is 0 Å². The second-order valence-electron chi connectivity index (χ2n) is 7.69. The highest BCUT2D eigenvalue weighted by Crippen LogP contribution is 2.13. The Morgan fingerprint density at radius 3 is 1.50 bits per heavy atom. The lowest BCUT2D eigenvalue weighted by molar-refractivity contribution is -0.181. The molecule has 0 rings (SSSR count). The van der Waals surface area contributed by atoms with Gasteiger partial charge in [0.25, 0.3) is 0 Å². The molecule has 0 aromatic heterocycles. The molecule has 0 aliphatic heterocycles. The summed E-state index contributed by atoms with van der Waals surface area (Å²) in [4.78, 5) is 32.1. The largest absolute Gasteiger partial charge is 0.478 e. The third kappa shape index (κ3) is 22.3. The minimum Gasteiger partial charge on any atom is -0.478 e. The maximum absolute atomic E-state index is 10.8.